The summed E-state index contributed by atoms with van der Waals surface area (Å²) < 4.78 is 3.33. The Bertz CT molecular complexity index is 1770. The Hall–Kier alpha value is -3.92. The van der Waals surface area contributed by atoms with E-state index in [1.54, 1.807) is 48.6 Å². The maximum Gasteiger partial charge on any atom is 0.270 e. The average Bonchev–Trinajstić information content (AvgIpc) is 3.40. The van der Waals surface area contributed by atoms with Gasteiger partial charge in [0, 0.05) is 28.8 Å². The zero-order valence-corrected chi connectivity index (χ0v) is 20.8. The number of carbonyl (C=O) groups is 1. The predicted molar refractivity (Wildman–Crippen MR) is 143 cm³/mol. The SMILES string of the molecule is O=C(Cn1c(=O)/c(=C/c2cccc([N+](=O)[O-])c2)s/c1=C\c1nc2ccccc2s1)c1ccc(Cl)cc1. The Labute approximate surface area is 217 Å². The van der Waals surface area contributed by atoms with Gasteiger partial charge in [0.1, 0.15) is 9.67 Å². The van der Waals surface area contributed by atoms with E-state index in [1.807, 2.05) is 24.3 Å². The molecule has 2 heterocycles. The van der Waals surface area contributed by atoms with Crippen molar-refractivity contribution in [3.63, 3.8) is 0 Å². The molecule has 178 valence electrons. The van der Waals surface area contributed by atoms with Gasteiger partial charge in [-0.05, 0) is 48.0 Å². The van der Waals surface area contributed by atoms with E-state index in [0.717, 1.165) is 10.2 Å². The average molecular weight is 534 g/mol. The van der Waals surface area contributed by atoms with Crippen LogP contribution in [0.25, 0.3) is 22.4 Å². The van der Waals surface area contributed by atoms with Gasteiger partial charge in [0.2, 0.25) is 0 Å². The number of fused-ring (bicyclic) bond motifs is 1. The van der Waals surface area contributed by atoms with E-state index in [1.165, 1.54) is 39.4 Å². The van der Waals surface area contributed by atoms with Crippen molar-refractivity contribution < 1.29 is 9.72 Å². The van der Waals surface area contributed by atoms with Crippen molar-refractivity contribution in [2.24, 2.45) is 0 Å². The van der Waals surface area contributed by atoms with Crippen LogP contribution in [0, 0.1) is 10.1 Å². The van der Waals surface area contributed by atoms with Gasteiger partial charge in [-0.25, -0.2) is 4.98 Å². The molecule has 0 radical (unpaired) electrons. The molecule has 3 aromatic carbocycles. The van der Waals surface area contributed by atoms with Gasteiger partial charge in [-0.3, -0.25) is 24.3 Å². The van der Waals surface area contributed by atoms with E-state index in [9.17, 15) is 19.7 Å². The number of para-hydroxylation sites is 1. The van der Waals surface area contributed by atoms with E-state index in [2.05, 4.69) is 4.98 Å². The third kappa shape index (κ3) is 5.03. The van der Waals surface area contributed by atoms with Crippen LogP contribution in [0.3, 0.4) is 0 Å². The molecule has 7 nitrogen and oxygen atoms in total. The number of thiazole rings is 2. The predicted octanol–water partition coefficient (Wildman–Crippen LogP) is 4.62. The molecule has 5 rings (SSSR count). The monoisotopic (exact) mass is 533 g/mol. The minimum absolute atomic E-state index is 0.0696. The van der Waals surface area contributed by atoms with Crippen LogP contribution in [0.2, 0.25) is 5.02 Å². The second kappa shape index (κ2) is 9.98. The molecule has 0 bridgehead atoms. The highest BCUT2D eigenvalue weighted by atomic mass is 35.5. The number of hydrogen-bond donors (Lipinski definition) is 0. The molecule has 0 spiro atoms. The van der Waals surface area contributed by atoms with Crippen LogP contribution in [0.5, 0.6) is 0 Å². The maximum atomic E-state index is 13.4. The number of non-ortho nitro benzene ring substituents is 1. The number of ketones is 1. The molecule has 2 aromatic heterocycles. The summed E-state index contributed by atoms with van der Waals surface area (Å²) in [6, 6.07) is 20.3. The normalized spacial score (nSPS) is 12.4. The number of benzene rings is 3. The zero-order valence-electron chi connectivity index (χ0n) is 18.5. The second-order valence-corrected chi connectivity index (χ2v) is 10.3. The van der Waals surface area contributed by atoms with Gasteiger partial charge < -0.3 is 0 Å². The Morgan fingerprint density at radius 2 is 1.81 bits per heavy atom. The van der Waals surface area contributed by atoms with E-state index in [0.29, 0.717) is 30.4 Å². The highest BCUT2D eigenvalue weighted by molar-refractivity contribution is 7.19. The van der Waals surface area contributed by atoms with Crippen LogP contribution in [-0.4, -0.2) is 20.3 Å². The van der Waals surface area contributed by atoms with Gasteiger partial charge in [-0.1, -0.05) is 35.9 Å². The number of nitro benzene ring substituents is 1. The molecule has 5 aromatic rings. The summed E-state index contributed by atoms with van der Waals surface area (Å²) in [5, 5.41) is 12.4. The molecule has 0 unspecified atom stereocenters. The molecule has 0 atom stereocenters. The first kappa shape index (κ1) is 23.8. The highest BCUT2D eigenvalue weighted by Gasteiger charge is 2.13. The van der Waals surface area contributed by atoms with Crippen molar-refractivity contribution in [1.82, 2.24) is 9.55 Å². The van der Waals surface area contributed by atoms with Gasteiger partial charge in [0.25, 0.3) is 11.2 Å². The Kier molecular flexibility index (Phi) is 6.60. The van der Waals surface area contributed by atoms with Crippen molar-refractivity contribution in [3.8, 4) is 0 Å². The Morgan fingerprint density at radius 1 is 1.03 bits per heavy atom. The molecule has 0 saturated heterocycles. The third-order valence-corrected chi connectivity index (χ3v) is 7.64. The molecule has 0 aliphatic heterocycles. The smallest absolute Gasteiger partial charge is 0.270 e. The zero-order chi connectivity index (χ0) is 25.2. The van der Waals surface area contributed by atoms with Crippen molar-refractivity contribution in [2.45, 2.75) is 6.54 Å². The van der Waals surface area contributed by atoms with Crippen molar-refractivity contribution in [2.75, 3.05) is 0 Å². The highest BCUT2D eigenvalue weighted by Crippen LogP contribution is 2.22. The Balaban J connectivity index is 1.64. The van der Waals surface area contributed by atoms with Crippen LogP contribution in [0.4, 0.5) is 5.69 Å². The third-order valence-electron chi connectivity index (χ3n) is 5.34. The first-order chi connectivity index (χ1) is 17.4. The summed E-state index contributed by atoms with van der Waals surface area (Å²) in [5.74, 6) is -0.243. The van der Waals surface area contributed by atoms with Crippen LogP contribution in [-0.2, 0) is 6.54 Å². The van der Waals surface area contributed by atoms with Crippen molar-refractivity contribution in [1.29, 1.82) is 0 Å². The summed E-state index contributed by atoms with van der Waals surface area (Å²) in [6.45, 7) is -0.170. The molecule has 0 N–H and O–H groups in total. The second-order valence-electron chi connectivity index (χ2n) is 7.79. The number of halogens is 1. The lowest BCUT2D eigenvalue weighted by Gasteiger charge is -2.02. The number of hydrogen-bond acceptors (Lipinski definition) is 7. The summed E-state index contributed by atoms with van der Waals surface area (Å²) in [4.78, 5) is 41.7. The van der Waals surface area contributed by atoms with Crippen LogP contribution < -0.4 is 14.8 Å². The minimum Gasteiger partial charge on any atom is -0.292 e. The number of nitro groups is 1. The van der Waals surface area contributed by atoms with Gasteiger partial charge in [0.05, 0.1) is 26.2 Å². The van der Waals surface area contributed by atoms with Crippen molar-refractivity contribution in [3.05, 3.63) is 124 Å². The first-order valence-electron chi connectivity index (χ1n) is 10.7. The largest absolute Gasteiger partial charge is 0.292 e. The fourth-order valence-electron chi connectivity index (χ4n) is 3.60. The summed E-state index contributed by atoms with van der Waals surface area (Å²) in [7, 11) is 0. The van der Waals surface area contributed by atoms with Gasteiger partial charge in [-0.2, -0.15) is 0 Å². The summed E-state index contributed by atoms with van der Waals surface area (Å²) in [5.41, 5.74) is 1.37. The lowest BCUT2D eigenvalue weighted by Crippen LogP contribution is -2.34. The molecular weight excluding hydrogens is 518 g/mol. The van der Waals surface area contributed by atoms with E-state index >= 15 is 0 Å². The molecule has 36 heavy (non-hydrogen) atoms. The molecule has 0 fully saturated rings. The molecular formula is C26H16ClN3O4S2. The number of rotatable bonds is 6. The lowest BCUT2D eigenvalue weighted by atomic mass is 10.1. The molecule has 0 saturated carbocycles. The fourth-order valence-corrected chi connectivity index (χ4v) is 5.75. The first-order valence-corrected chi connectivity index (χ1v) is 12.7. The van der Waals surface area contributed by atoms with Crippen LogP contribution in [0.15, 0.2) is 77.6 Å². The van der Waals surface area contributed by atoms with Gasteiger partial charge in [0.15, 0.2) is 5.78 Å². The van der Waals surface area contributed by atoms with Gasteiger partial charge in [-0.15, -0.1) is 22.7 Å². The summed E-state index contributed by atoms with van der Waals surface area (Å²) in [6.07, 6.45) is 3.38. The van der Waals surface area contributed by atoms with Crippen LogP contribution in [0.1, 0.15) is 20.9 Å². The number of nitrogens with zero attached hydrogens (tertiary/aromatic N) is 3. The fraction of sp³-hybridized carbons (Fsp3) is 0.0385. The van der Waals surface area contributed by atoms with Crippen molar-refractivity contribution >= 4 is 68.1 Å². The van der Waals surface area contributed by atoms with Gasteiger partial charge >= 0.3 is 0 Å². The number of carbonyl (C=O) groups excluding carboxylic acids is 1. The molecule has 0 amide bonds. The maximum absolute atomic E-state index is 13.4. The quantitative estimate of drug-likeness (QED) is 0.180. The van der Waals surface area contributed by atoms with Crippen LogP contribution >= 0.6 is 34.3 Å². The standard InChI is InChI=1S/C26H16ClN3O4S2/c27-18-10-8-17(9-11-18)21(31)15-29-25(14-24-28-20-6-1-2-7-22(20)35-24)36-23(26(29)32)13-16-4-3-5-19(12-16)30(33)34/h1-14H,15H2/b23-13-,25-14-. The lowest BCUT2D eigenvalue weighted by molar-refractivity contribution is -0.384. The minimum atomic E-state index is -0.485. The molecule has 0 aliphatic rings. The topological polar surface area (TPSA) is 95.1 Å². The molecule has 0 aliphatic carbocycles. The van der Waals surface area contributed by atoms with E-state index in [-0.39, 0.29) is 23.6 Å². The molecule has 10 heteroatoms. The number of Topliss-reactive ketones (excluding diaryl/α,β-unsaturated/α-hetero) is 1. The Morgan fingerprint density at radius 3 is 2.56 bits per heavy atom. The number of aromatic nitrogens is 2. The van der Waals surface area contributed by atoms with E-state index < -0.39 is 4.92 Å². The summed E-state index contributed by atoms with van der Waals surface area (Å²) >= 11 is 8.62. The van der Waals surface area contributed by atoms with E-state index in [4.69, 9.17) is 11.6 Å².